The van der Waals surface area contributed by atoms with Gasteiger partial charge in [0.25, 0.3) is 5.91 Å². The van der Waals surface area contributed by atoms with Crippen LogP contribution in [0, 0.1) is 6.92 Å². The van der Waals surface area contributed by atoms with E-state index in [1.54, 1.807) is 6.92 Å². The van der Waals surface area contributed by atoms with E-state index in [1.807, 2.05) is 0 Å². The molecule has 10 nitrogen and oxygen atoms in total. The standard InChI is InChI=1S/C17H17ClN4O6S/c1-9-7-14(21-28-9)20-16(24)10(2)19-17(25)12-4-3-11(8-13(12)18)22-15(23)5-6-29(22,26)27/h3-4,7-8,10H,5-6H2,1-2H3,(H,19,25)(H,20,21,24)/t10-/m0/s1. The molecule has 1 fully saturated rings. The van der Waals surface area contributed by atoms with Crippen molar-refractivity contribution in [3.63, 3.8) is 0 Å². The molecule has 12 heteroatoms. The summed E-state index contributed by atoms with van der Waals surface area (Å²) in [7, 11) is -3.74. The lowest BCUT2D eigenvalue weighted by atomic mass is 10.1. The van der Waals surface area contributed by atoms with Gasteiger partial charge < -0.3 is 15.2 Å². The van der Waals surface area contributed by atoms with E-state index in [0.29, 0.717) is 10.1 Å². The van der Waals surface area contributed by atoms with Crippen molar-refractivity contribution >= 4 is 50.9 Å². The minimum atomic E-state index is -3.74. The molecule has 0 unspecified atom stereocenters. The molecule has 2 N–H and O–H groups in total. The number of nitrogens with zero attached hydrogens (tertiary/aromatic N) is 2. The zero-order valence-electron chi connectivity index (χ0n) is 15.4. The number of hydrogen-bond acceptors (Lipinski definition) is 7. The van der Waals surface area contributed by atoms with E-state index in [0.717, 1.165) is 0 Å². The van der Waals surface area contributed by atoms with Gasteiger partial charge >= 0.3 is 0 Å². The molecular formula is C17H17ClN4O6S. The van der Waals surface area contributed by atoms with Crippen LogP contribution in [0.3, 0.4) is 0 Å². The van der Waals surface area contributed by atoms with Crippen molar-refractivity contribution in [1.82, 2.24) is 10.5 Å². The number of amides is 3. The van der Waals surface area contributed by atoms with Crippen LogP contribution in [0.2, 0.25) is 5.02 Å². The van der Waals surface area contributed by atoms with Gasteiger partial charge in [-0.1, -0.05) is 16.8 Å². The lowest BCUT2D eigenvalue weighted by Gasteiger charge is -2.17. The molecule has 0 spiro atoms. The van der Waals surface area contributed by atoms with Gasteiger partial charge in [0.15, 0.2) is 5.82 Å². The molecule has 3 rings (SSSR count). The highest BCUT2D eigenvalue weighted by atomic mass is 35.5. The van der Waals surface area contributed by atoms with E-state index < -0.39 is 33.8 Å². The topological polar surface area (TPSA) is 139 Å². The second-order valence-corrected chi connectivity index (χ2v) is 8.74. The van der Waals surface area contributed by atoms with Gasteiger partial charge in [-0.15, -0.1) is 0 Å². The molecule has 0 aliphatic carbocycles. The molecule has 1 atom stereocenters. The van der Waals surface area contributed by atoms with Crippen molar-refractivity contribution in [2.24, 2.45) is 0 Å². The van der Waals surface area contributed by atoms with Crippen LogP contribution < -0.4 is 14.9 Å². The maximum absolute atomic E-state index is 12.5. The number of nitrogens with one attached hydrogen (secondary N) is 2. The number of hydrogen-bond donors (Lipinski definition) is 2. The maximum atomic E-state index is 12.5. The van der Waals surface area contributed by atoms with Gasteiger partial charge in [-0.3, -0.25) is 14.4 Å². The highest BCUT2D eigenvalue weighted by Gasteiger charge is 2.36. The summed E-state index contributed by atoms with van der Waals surface area (Å²) in [5.74, 6) is -1.27. The maximum Gasteiger partial charge on any atom is 0.253 e. The fourth-order valence-electron chi connectivity index (χ4n) is 2.68. The molecule has 0 saturated carbocycles. The van der Waals surface area contributed by atoms with Gasteiger partial charge in [-0.25, -0.2) is 12.7 Å². The van der Waals surface area contributed by atoms with Gasteiger partial charge in [-0.2, -0.15) is 0 Å². The predicted molar refractivity (Wildman–Crippen MR) is 104 cm³/mol. The first-order valence-electron chi connectivity index (χ1n) is 8.49. The normalized spacial score (nSPS) is 16.5. The van der Waals surface area contributed by atoms with Crippen LogP contribution in [0.4, 0.5) is 11.5 Å². The van der Waals surface area contributed by atoms with Crippen LogP contribution in [0.25, 0.3) is 0 Å². The van der Waals surface area contributed by atoms with Crippen LogP contribution in [0.1, 0.15) is 29.5 Å². The van der Waals surface area contributed by atoms with Crippen molar-refractivity contribution in [3.8, 4) is 0 Å². The molecule has 2 heterocycles. The fourth-order valence-corrected chi connectivity index (χ4v) is 4.40. The minimum absolute atomic E-state index is 0.0244. The summed E-state index contributed by atoms with van der Waals surface area (Å²) in [6.45, 7) is 3.14. The Morgan fingerprint density at radius 2 is 2.03 bits per heavy atom. The molecule has 2 aromatic rings. The minimum Gasteiger partial charge on any atom is -0.360 e. The summed E-state index contributed by atoms with van der Waals surface area (Å²) in [6.07, 6.45) is -0.111. The molecule has 1 saturated heterocycles. The van der Waals surface area contributed by atoms with Crippen LogP contribution in [-0.2, 0) is 19.6 Å². The third kappa shape index (κ3) is 4.40. The average Bonchev–Trinajstić information content (AvgIpc) is 3.16. The zero-order chi connectivity index (χ0) is 21.3. The van der Waals surface area contributed by atoms with E-state index in [4.69, 9.17) is 16.1 Å². The Labute approximate surface area is 171 Å². The van der Waals surface area contributed by atoms with Gasteiger partial charge in [0.2, 0.25) is 21.8 Å². The summed E-state index contributed by atoms with van der Waals surface area (Å²) in [6, 6.07) is 4.43. The Bertz CT molecular complexity index is 1100. The molecule has 1 aliphatic heterocycles. The average molecular weight is 441 g/mol. The number of rotatable bonds is 5. The molecule has 0 bridgehead atoms. The second-order valence-electron chi connectivity index (χ2n) is 6.40. The summed E-state index contributed by atoms with van der Waals surface area (Å²) in [5, 5.41) is 8.55. The van der Waals surface area contributed by atoms with Crippen molar-refractivity contribution < 1.29 is 27.3 Å². The number of halogens is 1. The number of carbonyl (C=O) groups is 3. The Morgan fingerprint density at radius 1 is 1.31 bits per heavy atom. The third-order valence-corrected chi connectivity index (χ3v) is 6.13. The van der Waals surface area contributed by atoms with Crippen LogP contribution >= 0.6 is 11.6 Å². The second kappa shape index (κ2) is 7.84. The highest BCUT2D eigenvalue weighted by molar-refractivity contribution is 7.94. The fraction of sp³-hybridized carbons (Fsp3) is 0.294. The summed E-state index contributed by atoms with van der Waals surface area (Å²) >= 11 is 6.12. The van der Waals surface area contributed by atoms with Crippen LogP contribution in [0.5, 0.6) is 0 Å². The lowest BCUT2D eigenvalue weighted by Crippen LogP contribution is -2.41. The van der Waals surface area contributed by atoms with E-state index in [-0.39, 0.29) is 34.3 Å². The molecule has 3 amide bonds. The number of aryl methyl sites for hydroxylation is 1. The van der Waals surface area contributed by atoms with Gasteiger partial charge in [0, 0.05) is 12.5 Å². The van der Waals surface area contributed by atoms with Gasteiger partial charge in [-0.05, 0) is 32.0 Å². The molecular weight excluding hydrogens is 424 g/mol. The molecule has 1 aliphatic rings. The molecule has 1 aromatic heterocycles. The predicted octanol–water partition coefficient (Wildman–Crippen LogP) is 1.46. The van der Waals surface area contributed by atoms with Crippen molar-refractivity contribution in [1.29, 1.82) is 0 Å². The number of anilines is 2. The van der Waals surface area contributed by atoms with Gasteiger partial charge in [0.05, 0.1) is 22.0 Å². The van der Waals surface area contributed by atoms with Gasteiger partial charge in [0.1, 0.15) is 11.8 Å². The lowest BCUT2D eigenvalue weighted by molar-refractivity contribution is -0.118. The number of carbonyl (C=O) groups excluding carboxylic acids is 3. The van der Waals surface area contributed by atoms with E-state index >= 15 is 0 Å². The Kier molecular flexibility index (Phi) is 5.62. The summed E-state index contributed by atoms with van der Waals surface area (Å²) in [5.41, 5.74) is 0.0811. The number of benzene rings is 1. The Hall–Kier alpha value is -2.92. The SMILES string of the molecule is Cc1cc(NC(=O)[C@H](C)NC(=O)c2ccc(N3C(=O)CCS3(=O)=O)cc2Cl)no1. The quantitative estimate of drug-likeness (QED) is 0.717. The first kappa shape index (κ1) is 20.8. The smallest absolute Gasteiger partial charge is 0.253 e. The molecule has 1 aromatic carbocycles. The first-order chi connectivity index (χ1) is 13.6. The van der Waals surface area contributed by atoms with Crippen LogP contribution in [-0.4, -0.2) is 43.1 Å². The first-order valence-corrected chi connectivity index (χ1v) is 10.5. The number of aromatic nitrogens is 1. The van der Waals surface area contributed by atoms with Crippen LogP contribution in [0.15, 0.2) is 28.8 Å². The highest BCUT2D eigenvalue weighted by Crippen LogP contribution is 2.29. The molecule has 154 valence electrons. The third-order valence-electron chi connectivity index (χ3n) is 4.13. The summed E-state index contributed by atoms with van der Waals surface area (Å²) < 4.78 is 29.5. The Morgan fingerprint density at radius 3 is 2.59 bits per heavy atom. The van der Waals surface area contributed by atoms with E-state index in [9.17, 15) is 22.8 Å². The Balaban J connectivity index is 1.71. The largest absolute Gasteiger partial charge is 0.360 e. The zero-order valence-corrected chi connectivity index (χ0v) is 17.0. The molecule has 0 radical (unpaired) electrons. The molecule has 29 heavy (non-hydrogen) atoms. The monoisotopic (exact) mass is 440 g/mol. The van der Waals surface area contributed by atoms with E-state index in [1.165, 1.54) is 31.2 Å². The number of sulfonamides is 1. The van der Waals surface area contributed by atoms with E-state index in [2.05, 4.69) is 15.8 Å². The van der Waals surface area contributed by atoms with Crippen molar-refractivity contribution in [2.75, 3.05) is 15.4 Å². The van der Waals surface area contributed by atoms with Crippen molar-refractivity contribution in [3.05, 3.63) is 40.6 Å². The summed E-state index contributed by atoms with van der Waals surface area (Å²) in [4.78, 5) is 36.5. The van der Waals surface area contributed by atoms with Crippen molar-refractivity contribution in [2.45, 2.75) is 26.3 Å².